The zero-order valence-corrected chi connectivity index (χ0v) is 12.2. The fourth-order valence-electron chi connectivity index (χ4n) is 2.25. The van der Waals surface area contributed by atoms with Crippen molar-refractivity contribution in [2.75, 3.05) is 14.2 Å². The van der Waals surface area contributed by atoms with E-state index in [1.165, 1.54) is 5.69 Å². The molecule has 0 unspecified atom stereocenters. The average Bonchev–Trinajstić information content (AvgIpc) is 2.67. The maximum atomic E-state index is 5.30. The lowest BCUT2D eigenvalue weighted by Gasteiger charge is -2.06. The zero-order valence-electron chi connectivity index (χ0n) is 12.2. The van der Waals surface area contributed by atoms with E-state index in [-0.39, 0.29) is 0 Å². The quantitative estimate of drug-likeness (QED) is 0.916. The van der Waals surface area contributed by atoms with Gasteiger partial charge in [0.05, 0.1) is 19.3 Å². The van der Waals surface area contributed by atoms with Gasteiger partial charge in [-0.15, -0.1) is 0 Å². The molecule has 0 bridgehead atoms. The van der Waals surface area contributed by atoms with E-state index in [1.54, 1.807) is 7.11 Å². The van der Waals surface area contributed by atoms with Crippen molar-refractivity contribution in [2.45, 2.75) is 20.4 Å². The molecule has 0 saturated carbocycles. The van der Waals surface area contributed by atoms with Gasteiger partial charge in [-0.05, 0) is 44.7 Å². The Bertz CT molecular complexity index is 587. The molecule has 0 aliphatic heterocycles. The number of imidazole rings is 1. The number of nitrogens with zero attached hydrogens (tertiary/aromatic N) is 2. The molecule has 1 aromatic heterocycles. The minimum atomic E-state index is 0.770. The summed E-state index contributed by atoms with van der Waals surface area (Å²) in [6, 6.07) is 6.18. The number of benzene rings is 1. The van der Waals surface area contributed by atoms with Crippen molar-refractivity contribution in [2.24, 2.45) is 7.05 Å². The Balaban J connectivity index is 2.47. The molecular formula is C15H21N3O. The number of rotatable bonds is 4. The average molecular weight is 259 g/mol. The Labute approximate surface area is 114 Å². The molecule has 4 heteroatoms. The molecule has 1 N–H and O–H groups in total. The van der Waals surface area contributed by atoms with E-state index in [4.69, 9.17) is 9.72 Å². The summed E-state index contributed by atoms with van der Waals surface area (Å²) in [5.41, 5.74) is 4.47. The van der Waals surface area contributed by atoms with E-state index in [2.05, 4.69) is 42.9 Å². The molecule has 0 atom stereocenters. The Morgan fingerprint density at radius 1 is 1.32 bits per heavy atom. The summed E-state index contributed by atoms with van der Waals surface area (Å²) in [5.74, 6) is 1.95. The van der Waals surface area contributed by atoms with Gasteiger partial charge in [0.1, 0.15) is 11.6 Å². The molecule has 0 spiro atoms. The van der Waals surface area contributed by atoms with Gasteiger partial charge in [0.25, 0.3) is 0 Å². The molecule has 0 saturated heterocycles. The van der Waals surface area contributed by atoms with Crippen molar-refractivity contribution in [3.63, 3.8) is 0 Å². The first kappa shape index (κ1) is 13.6. The number of ether oxygens (including phenoxy) is 1. The van der Waals surface area contributed by atoms with Crippen molar-refractivity contribution in [3.05, 3.63) is 35.3 Å². The highest BCUT2D eigenvalue weighted by Gasteiger charge is 2.13. The topological polar surface area (TPSA) is 39.1 Å². The molecule has 0 amide bonds. The lowest BCUT2D eigenvalue weighted by Crippen LogP contribution is -2.10. The molecule has 19 heavy (non-hydrogen) atoms. The number of nitrogens with one attached hydrogen (secondary N) is 1. The first-order valence-corrected chi connectivity index (χ1v) is 6.40. The van der Waals surface area contributed by atoms with Gasteiger partial charge in [0, 0.05) is 18.3 Å². The molecule has 0 aliphatic rings. The Morgan fingerprint density at radius 2 is 2.05 bits per heavy atom. The first-order valence-electron chi connectivity index (χ1n) is 6.40. The molecule has 4 nitrogen and oxygen atoms in total. The molecule has 1 aromatic carbocycles. The van der Waals surface area contributed by atoms with Gasteiger partial charge < -0.3 is 14.6 Å². The number of hydrogen-bond donors (Lipinski definition) is 1. The van der Waals surface area contributed by atoms with Crippen LogP contribution in [0.15, 0.2) is 18.2 Å². The van der Waals surface area contributed by atoms with Crippen LogP contribution in [-0.2, 0) is 13.6 Å². The number of aryl methyl sites for hydroxylation is 1. The minimum Gasteiger partial charge on any atom is -0.496 e. The normalized spacial score (nSPS) is 10.8. The summed E-state index contributed by atoms with van der Waals surface area (Å²) in [7, 11) is 5.68. The van der Waals surface area contributed by atoms with Crippen molar-refractivity contribution < 1.29 is 4.74 Å². The van der Waals surface area contributed by atoms with E-state index in [0.29, 0.717) is 0 Å². The standard InChI is InChI=1S/C15H21N3O/c1-10-8-12(6-7-13(10)19-5)15-11(2)18(4)14(17-15)9-16-3/h6-8,16H,9H2,1-5H3. The molecule has 1 heterocycles. The largest absolute Gasteiger partial charge is 0.496 e. The van der Waals surface area contributed by atoms with Crippen molar-refractivity contribution >= 4 is 0 Å². The number of hydrogen-bond acceptors (Lipinski definition) is 3. The predicted molar refractivity (Wildman–Crippen MR) is 77.4 cm³/mol. The molecule has 0 aliphatic carbocycles. The van der Waals surface area contributed by atoms with Crippen LogP contribution in [0.4, 0.5) is 0 Å². The first-order chi connectivity index (χ1) is 9.08. The van der Waals surface area contributed by atoms with E-state index in [1.807, 2.05) is 13.1 Å². The highest BCUT2D eigenvalue weighted by Crippen LogP contribution is 2.27. The van der Waals surface area contributed by atoms with E-state index < -0.39 is 0 Å². The van der Waals surface area contributed by atoms with Crippen LogP contribution >= 0.6 is 0 Å². The van der Waals surface area contributed by atoms with Gasteiger partial charge in [-0.3, -0.25) is 0 Å². The summed E-state index contributed by atoms with van der Waals surface area (Å²) in [6.07, 6.45) is 0. The number of methoxy groups -OCH3 is 1. The van der Waals surface area contributed by atoms with E-state index >= 15 is 0 Å². The molecule has 2 rings (SSSR count). The predicted octanol–water partition coefficient (Wildman–Crippen LogP) is 2.43. The van der Waals surface area contributed by atoms with Gasteiger partial charge >= 0.3 is 0 Å². The summed E-state index contributed by atoms with van der Waals surface area (Å²) in [6.45, 7) is 4.92. The maximum Gasteiger partial charge on any atom is 0.123 e. The fraction of sp³-hybridized carbons (Fsp3) is 0.400. The van der Waals surface area contributed by atoms with Gasteiger partial charge in [-0.25, -0.2) is 4.98 Å². The van der Waals surface area contributed by atoms with Crippen LogP contribution in [0.5, 0.6) is 5.75 Å². The van der Waals surface area contributed by atoms with Crippen LogP contribution in [0.3, 0.4) is 0 Å². The van der Waals surface area contributed by atoms with E-state index in [9.17, 15) is 0 Å². The highest BCUT2D eigenvalue weighted by atomic mass is 16.5. The van der Waals surface area contributed by atoms with Crippen molar-refractivity contribution in [1.82, 2.24) is 14.9 Å². The third-order valence-corrected chi connectivity index (χ3v) is 3.48. The smallest absolute Gasteiger partial charge is 0.123 e. The van der Waals surface area contributed by atoms with Gasteiger partial charge in [0.2, 0.25) is 0 Å². The summed E-state index contributed by atoms with van der Waals surface area (Å²) >= 11 is 0. The second-order valence-corrected chi connectivity index (χ2v) is 4.74. The summed E-state index contributed by atoms with van der Waals surface area (Å²) in [5, 5.41) is 3.14. The second-order valence-electron chi connectivity index (χ2n) is 4.74. The highest BCUT2D eigenvalue weighted by molar-refractivity contribution is 5.64. The van der Waals surface area contributed by atoms with Gasteiger partial charge in [-0.2, -0.15) is 0 Å². The van der Waals surface area contributed by atoms with Crippen molar-refractivity contribution in [3.8, 4) is 17.0 Å². The zero-order chi connectivity index (χ0) is 14.0. The van der Waals surface area contributed by atoms with E-state index in [0.717, 1.165) is 34.9 Å². The molecule has 2 aromatic rings. The molecule has 0 radical (unpaired) electrons. The maximum absolute atomic E-state index is 5.30. The summed E-state index contributed by atoms with van der Waals surface area (Å²) in [4.78, 5) is 4.73. The Hall–Kier alpha value is -1.81. The van der Waals surface area contributed by atoms with Crippen molar-refractivity contribution in [1.29, 1.82) is 0 Å². The lowest BCUT2D eigenvalue weighted by molar-refractivity contribution is 0.412. The Kier molecular flexibility index (Phi) is 3.90. The van der Waals surface area contributed by atoms with Crippen LogP contribution < -0.4 is 10.1 Å². The third-order valence-electron chi connectivity index (χ3n) is 3.48. The second kappa shape index (κ2) is 5.45. The SMILES string of the molecule is CNCc1nc(-c2ccc(OC)c(C)c2)c(C)n1C. The molecule has 0 fully saturated rings. The lowest BCUT2D eigenvalue weighted by atomic mass is 10.1. The number of aromatic nitrogens is 2. The van der Waals surface area contributed by atoms with Gasteiger partial charge in [0.15, 0.2) is 0 Å². The molecule has 102 valence electrons. The van der Waals surface area contributed by atoms with Crippen LogP contribution in [0.25, 0.3) is 11.3 Å². The summed E-state index contributed by atoms with van der Waals surface area (Å²) < 4.78 is 7.43. The van der Waals surface area contributed by atoms with Crippen LogP contribution in [-0.4, -0.2) is 23.7 Å². The van der Waals surface area contributed by atoms with Crippen LogP contribution in [0.2, 0.25) is 0 Å². The van der Waals surface area contributed by atoms with Gasteiger partial charge in [-0.1, -0.05) is 0 Å². The monoisotopic (exact) mass is 259 g/mol. The van der Waals surface area contributed by atoms with Crippen LogP contribution in [0, 0.1) is 13.8 Å². The fourth-order valence-corrected chi connectivity index (χ4v) is 2.25. The Morgan fingerprint density at radius 3 is 2.63 bits per heavy atom. The molecular weight excluding hydrogens is 238 g/mol. The minimum absolute atomic E-state index is 0.770. The van der Waals surface area contributed by atoms with Crippen LogP contribution in [0.1, 0.15) is 17.1 Å². The third kappa shape index (κ3) is 2.49.